The second kappa shape index (κ2) is 9.55. The van der Waals surface area contributed by atoms with E-state index in [0.29, 0.717) is 16.7 Å². The summed E-state index contributed by atoms with van der Waals surface area (Å²) in [6, 6.07) is 17.8. The third-order valence-corrected chi connectivity index (χ3v) is 5.86. The molecule has 0 aliphatic rings. The Kier molecular flexibility index (Phi) is 6.41. The molecule has 1 amide bonds. The molecule has 0 saturated heterocycles. The van der Waals surface area contributed by atoms with Gasteiger partial charge in [-0.25, -0.2) is 4.98 Å². The molecule has 1 N–H and O–H groups in total. The van der Waals surface area contributed by atoms with Crippen LogP contribution in [-0.4, -0.2) is 38.5 Å². The number of hydrogen-bond acceptors (Lipinski definition) is 7. The monoisotopic (exact) mass is 437 g/mol. The molecule has 0 saturated carbocycles. The molecule has 2 heterocycles. The number of anilines is 1. The normalized spacial score (nSPS) is 10.7. The molecule has 2 aromatic carbocycles. The standard InChI is InChI=1S/C21H19N5O2S2/c1-28-17-9-7-15(8-10-17)13-18-24-25-21(26(18)16-5-3-2-4-6-16)30-14-19(27)23-20-22-11-12-29-20/h2-12H,13-14H2,1H3,(H,22,23,27). The highest BCUT2D eigenvalue weighted by molar-refractivity contribution is 7.99. The van der Waals surface area contributed by atoms with Gasteiger partial charge in [0.2, 0.25) is 5.91 Å². The first-order chi connectivity index (χ1) is 14.7. The van der Waals surface area contributed by atoms with E-state index in [0.717, 1.165) is 22.8 Å². The zero-order valence-electron chi connectivity index (χ0n) is 16.2. The van der Waals surface area contributed by atoms with Crippen molar-refractivity contribution in [3.05, 3.63) is 77.6 Å². The van der Waals surface area contributed by atoms with Crippen molar-refractivity contribution >= 4 is 34.1 Å². The SMILES string of the molecule is COc1ccc(Cc2nnc(SCC(=O)Nc3nccs3)n2-c2ccccc2)cc1. The third-order valence-electron chi connectivity index (χ3n) is 4.25. The van der Waals surface area contributed by atoms with E-state index in [-0.39, 0.29) is 11.7 Å². The van der Waals surface area contributed by atoms with E-state index in [4.69, 9.17) is 4.74 Å². The van der Waals surface area contributed by atoms with Gasteiger partial charge in [0.05, 0.1) is 12.9 Å². The molecule has 0 aliphatic heterocycles. The first-order valence-corrected chi connectivity index (χ1v) is 11.0. The van der Waals surface area contributed by atoms with E-state index in [1.807, 2.05) is 64.5 Å². The van der Waals surface area contributed by atoms with Crippen molar-refractivity contribution in [1.82, 2.24) is 19.7 Å². The van der Waals surface area contributed by atoms with Gasteiger partial charge in [0.25, 0.3) is 0 Å². The minimum absolute atomic E-state index is 0.130. The first kappa shape index (κ1) is 20.1. The van der Waals surface area contributed by atoms with Crippen LogP contribution in [0.25, 0.3) is 5.69 Å². The van der Waals surface area contributed by atoms with Crippen molar-refractivity contribution in [2.75, 3.05) is 18.2 Å². The molecule has 0 spiro atoms. The number of carbonyl (C=O) groups is 1. The smallest absolute Gasteiger partial charge is 0.236 e. The molecule has 0 bridgehead atoms. The number of nitrogens with one attached hydrogen (secondary N) is 1. The summed E-state index contributed by atoms with van der Waals surface area (Å²) < 4.78 is 7.22. The molecule has 0 unspecified atom stereocenters. The van der Waals surface area contributed by atoms with Crippen LogP contribution in [0.3, 0.4) is 0 Å². The van der Waals surface area contributed by atoms with Crippen LogP contribution in [0.1, 0.15) is 11.4 Å². The molecule has 4 rings (SSSR count). The zero-order valence-corrected chi connectivity index (χ0v) is 17.8. The summed E-state index contributed by atoms with van der Waals surface area (Å²) in [5, 5.41) is 14.6. The highest BCUT2D eigenvalue weighted by Crippen LogP contribution is 2.24. The number of hydrogen-bond donors (Lipinski definition) is 1. The van der Waals surface area contributed by atoms with Crippen molar-refractivity contribution < 1.29 is 9.53 Å². The van der Waals surface area contributed by atoms with Crippen LogP contribution < -0.4 is 10.1 Å². The minimum Gasteiger partial charge on any atom is -0.497 e. The second-order valence-electron chi connectivity index (χ2n) is 6.27. The van der Waals surface area contributed by atoms with Gasteiger partial charge in [-0.2, -0.15) is 0 Å². The maximum Gasteiger partial charge on any atom is 0.236 e. The number of aromatic nitrogens is 4. The van der Waals surface area contributed by atoms with Crippen molar-refractivity contribution in [1.29, 1.82) is 0 Å². The summed E-state index contributed by atoms with van der Waals surface area (Å²) in [4.78, 5) is 16.3. The Morgan fingerprint density at radius 3 is 2.63 bits per heavy atom. The number of ether oxygens (including phenoxy) is 1. The second-order valence-corrected chi connectivity index (χ2v) is 8.11. The Hall–Kier alpha value is -3.17. The Bertz CT molecular complexity index is 1100. The minimum atomic E-state index is -0.130. The van der Waals surface area contributed by atoms with Gasteiger partial charge in [0, 0.05) is 23.7 Å². The van der Waals surface area contributed by atoms with E-state index in [1.165, 1.54) is 23.1 Å². The van der Waals surface area contributed by atoms with Gasteiger partial charge in [-0.15, -0.1) is 21.5 Å². The summed E-state index contributed by atoms with van der Waals surface area (Å²) in [6.45, 7) is 0. The molecule has 152 valence electrons. The largest absolute Gasteiger partial charge is 0.497 e. The number of nitrogens with zero attached hydrogens (tertiary/aromatic N) is 4. The van der Waals surface area contributed by atoms with Gasteiger partial charge in [-0.1, -0.05) is 42.1 Å². The van der Waals surface area contributed by atoms with Crippen LogP contribution in [0.5, 0.6) is 5.75 Å². The number of carbonyl (C=O) groups excluding carboxylic acids is 1. The number of thiazole rings is 1. The Morgan fingerprint density at radius 2 is 1.93 bits per heavy atom. The van der Waals surface area contributed by atoms with Crippen LogP contribution in [0.15, 0.2) is 71.3 Å². The lowest BCUT2D eigenvalue weighted by atomic mass is 10.1. The number of thioether (sulfide) groups is 1. The van der Waals surface area contributed by atoms with Crippen molar-refractivity contribution in [3.8, 4) is 11.4 Å². The molecule has 0 radical (unpaired) electrons. The maximum atomic E-state index is 12.3. The molecule has 9 heteroatoms. The highest BCUT2D eigenvalue weighted by Gasteiger charge is 2.16. The van der Waals surface area contributed by atoms with Gasteiger partial charge >= 0.3 is 0 Å². The average Bonchev–Trinajstić information content (AvgIpc) is 3.43. The molecule has 7 nitrogen and oxygen atoms in total. The van der Waals surface area contributed by atoms with E-state index < -0.39 is 0 Å². The number of methoxy groups -OCH3 is 1. The van der Waals surface area contributed by atoms with Crippen LogP contribution in [-0.2, 0) is 11.2 Å². The molecule has 0 aliphatic carbocycles. The average molecular weight is 438 g/mol. The molecular formula is C21H19N5O2S2. The lowest BCUT2D eigenvalue weighted by molar-refractivity contribution is -0.113. The molecule has 0 atom stereocenters. The third kappa shape index (κ3) is 4.87. The highest BCUT2D eigenvalue weighted by atomic mass is 32.2. The number of amides is 1. The lowest BCUT2D eigenvalue weighted by Crippen LogP contribution is -2.14. The van der Waals surface area contributed by atoms with Gasteiger partial charge in [0.1, 0.15) is 11.6 Å². The van der Waals surface area contributed by atoms with E-state index in [9.17, 15) is 4.79 Å². The van der Waals surface area contributed by atoms with E-state index >= 15 is 0 Å². The Labute approximate surface area is 182 Å². The fourth-order valence-electron chi connectivity index (χ4n) is 2.84. The zero-order chi connectivity index (χ0) is 20.8. The van der Waals surface area contributed by atoms with Crippen LogP contribution in [0.2, 0.25) is 0 Å². The first-order valence-electron chi connectivity index (χ1n) is 9.18. The van der Waals surface area contributed by atoms with Crippen LogP contribution in [0.4, 0.5) is 5.13 Å². The molecular weight excluding hydrogens is 418 g/mol. The van der Waals surface area contributed by atoms with Crippen molar-refractivity contribution in [2.24, 2.45) is 0 Å². The summed E-state index contributed by atoms with van der Waals surface area (Å²) in [6.07, 6.45) is 2.27. The van der Waals surface area contributed by atoms with Gasteiger partial charge in [-0.05, 0) is 29.8 Å². The quantitative estimate of drug-likeness (QED) is 0.419. The maximum absolute atomic E-state index is 12.3. The fraction of sp³-hybridized carbons (Fsp3) is 0.143. The Morgan fingerprint density at radius 1 is 1.13 bits per heavy atom. The summed E-state index contributed by atoms with van der Waals surface area (Å²) in [5.41, 5.74) is 2.05. The Balaban J connectivity index is 1.55. The lowest BCUT2D eigenvalue weighted by Gasteiger charge is -2.10. The van der Waals surface area contributed by atoms with Gasteiger partial charge in [0.15, 0.2) is 10.3 Å². The van der Waals surface area contributed by atoms with Gasteiger partial charge in [-0.3, -0.25) is 9.36 Å². The predicted molar refractivity (Wildman–Crippen MR) is 119 cm³/mol. The van der Waals surface area contributed by atoms with E-state index in [1.54, 1.807) is 13.3 Å². The number of para-hydroxylation sites is 1. The van der Waals surface area contributed by atoms with Gasteiger partial charge < -0.3 is 10.1 Å². The number of benzene rings is 2. The van der Waals surface area contributed by atoms with Crippen molar-refractivity contribution in [2.45, 2.75) is 11.6 Å². The fourth-order valence-corrected chi connectivity index (χ4v) is 4.16. The topological polar surface area (TPSA) is 81.9 Å². The summed E-state index contributed by atoms with van der Waals surface area (Å²) in [7, 11) is 1.65. The molecule has 2 aromatic heterocycles. The summed E-state index contributed by atoms with van der Waals surface area (Å²) in [5.74, 6) is 1.70. The predicted octanol–water partition coefficient (Wildman–Crippen LogP) is 4.05. The number of rotatable bonds is 8. The molecule has 30 heavy (non-hydrogen) atoms. The van der Waals surface area contributed by atoms with Crippen molar-refractivity contribution in [3.63, 3.8) is 0 Å². The molecule has 0 fully saturated rings. The summed E-state index contributed by atoms with van der Waals surface area (Å²) >= 11 is 2.73. The van der Waals surface area contributed by atoms with Crippen LogP contribution >= 0.6 is 23.1 Å². The molecule has 4 aromatic rings. The van der Waals surface area contributed by atoms with E-state index in [2.05, 4.69) is 20.5 Å². The van der Waals surface area contributed by atoms with Crippen LogP contribution in [0, 0.1) is 0 Å².